The second kappa shape index (κ2) is 10.8. The van der Waals surface area contributed by atoms with Gasteiger partial charge in [0, 0.05) is 56.7 Å². The molecule has 0 aliphatic carbocycles. The van der Waals surface area contributed by atoms with E-state index in [2.05, 4.69) is 10.4 Å². The fourth-order valence-corrected chi connectivity index (χ4v) is 3.77. The summed E-state index contributed by atoms with van der Waals surface area (Å²) < 4.78 is 18.7. The molecule has 1 saturated heterocycles. The van der Waals surface area contributed by atoms with Crippen molar-refractivity contribution in [2.24, 2.45) is 7.05 Å². The Morgan fingerprint density at radius 2 is 1.89 bits per heavy atom. The van der Waals surface area contributed by atoms with Crippen LogP contribution in [0.2, 0.25) is 5.02 Å². The van der Waals surface area contributed by atoms with Gasteiger partial charge < -0.3 is 24.4 Å². The van der Waals surface area contributed by atoms with Gasteiger partial charge in [-0.25, -0.2) is 0 Å². The summed E-state index contributed by atoms with van der Waals surface area (Å²) in [6, 6.07) is 11.5. The SMILES string of the molecule is COCC(C)Oc1cc(Oc2ccc(C(=O)N3CCC3)cc2Cl)cc(C(=O)Nc2ccn(C)n2)c1. The van der Waals surface area contributed by atoms with E-state index in [0.717, 1.165) is 19.5 Å². The van der Waals surface area contributed by atoms with Gasteiger partial charge in [0.05, 0.1) is 11.6 Å². The summed E-state index contributed by atoms with van der Waals surface area (Å²) in [6.07, 6.45) is 2.49. The summed E-state index contributed by atoms with van der Waals surface area (Å²) in [5, 5.41) is 7.22. The van der Waals surface area contributed by atoms with Crippen LogP contribution in [0.25, 0.3) is 0 Å². The molecule has 35 heavy (non-hydrogen) atoms. The minimum absolute atomic E-state index is 0.0549. The first-order valence-corrected chi connectivity index (χ1v) is 11.6. The molecule has 2 amide bonds. The number of hydrogen-bond donors (Lipinski definition) is 1. The number of halogens is 1. The first-order chi connectivity index (χ1) is 16.8. The third kappa shape index (κ3) is 6.12. The van der Waals surface area contributed by atoms with Crippen LogP contribution in [0.3, 0.4) is 0 Å². The number of carbonyl (C=O) groups is 2. The fourth-order valence-electron chi connectivity index (χ4n) is 3.55. The fraction of sp³-hybridized carbons (Fsp3) is 0.320. The topological polar surface area (TPSA) is 94.9 Å². The molecule has 3 aromatic rings. The lowest BCUT2D eigenvalue weighted by atomic mass is 10.1. The number of methoxy groups -OCH3 is 1. The molecule has 2 heterocycles. The number of likely N-dealkylation sites (tertiary alicyclic amines) is 1. The Morgan fingerprint density at radius 3 is 2.51 bits per heavy atom. The molecular formula is C25H27ClN4O5. The van der Waals surface area contributed by atoms with Crippen molar-refractivity contribution in [1.29, 1.82) is 0 Å². The van der Waals surface area contributed by atoms with Crippen LogP contribution in [0.1, 0.15) is 34.1 Å². The number of nitrogens with zero attached hydrogens (tertiary/aromatic N) is 3. The number of carbonyl (C=O) groups excluding carboxylic acids is 2. The molecule has 1 N–H and O–H groups in total. The number of aromatic nitrogens is 2. The summed E-state index contributed by atoms with van der Waals surface area (Å²) in [5.74, 6) is 1.12. The lowest BCUT2D eigenvalue weighted by molar-refractivity contribution is 0.0651. The van der Waals surface area contributed by atoms with Crippen molar-refractivity contribution in [2.75, 3.05) is 32.1 Å². The normalized spacial score (nSPS) is 13.7. The highest BCUT2D eigenvalue weighted by Crippen LogP contribution is 2.33. The first-order valence-electron chi connectivity index (χ1n) is 11.2. The number of anilines is 1. The second-order valence-corrected chi connectivity index (χ2v) is 8.71. The van der Waals surface area contributed by atoms with Gasteiger partial charge in [0.2, 0.25) is 0 Å². The van der Waals surface area contributed by atoms with Crippen molar-refractivity contribution in [1.82, 2.24) is 14.7 Å². The molecule has 1 atom stereocenters. The number of benzene rings is 2. The highest BCUT2D eigenvalue weighted by molar-refractivity contribution is 6.32. The largest absolute Gasteiger partial charge is 0.488 e. The second-order valence-electron chi connectivity index (χ2n) is 8.30. The number of aryl methyl sites for hydroxylation is 1. The Morgan fingerprint density at radius 1 is 1.11 bits per heavy atom. The zero-order valence-corrected chi connectivity index (χ0v) is 20.5. The Hall–Kier alpha value is -3.56. The van der Waals surface area contributed by atoms with Crippen molar-refractivity contribution in [3.8, 4) is 17.2 Å². The maximum atomic E-state index is 12.9. The van der Waals surface area contributed by atoms with Crippen molar-refractivity contribution >= 4 is 29.2 Å². The van der Waals surface area contributed by atoms with E-state index >= 15 is 0 Å². The Balaban J connectivity index is 1.58. The summed E-state index contributed by atoms with van der Waals surface area (Å²) in [4.78, 5) is 27.1. The highest BCUT2D eigenvalue weighted by Gasteiger charge is 2.22. The van der Waals surface area contributed by atoms with Crippen LogP contribution >= 0.6 is 11.6 Å². The van der Waals surface area contributed by atoms with E-state index in [1.54, 1.807) is 72.4 Å². The van der Waals surface area contributed by atoms with Gasteiger partial charge in [-0.3, -0.25) is 14.3 Å². The molecule has 1 aliphatic heterocycles. The minimum atomic E-state index is -0.375. The molecule has 0 saturated carbocycles. The predicted molar refractivity (Wildman–Crippen MR) is 132 cm³/mol. The van der Waals surface area contributed by atoms with Crippen LogP contribution < -0.4 is 14.8 Å². The van der Waals surface area contributed by atoms with E-state index in [9.17, 15) is 9.59 Å². The molecule has 184 valence electrons. The molecule has 1 aliphatic rings. The molecule has 9 nitrogen and oxygen atoms in total. The van der Waals surface area contributed by atoms with Gasteiger partial charge in [-0.15, -0.1) is 0 Å². The van der Waals surface area contributed by atoms with Crippen molar-refractivity contribution in [2.45, 2.75) is 19.4 Å². The molecule has 1 unspecified atom stereocenters. The summed E-state index contributed by atoms with van der Waals surface area (Å²) in [5.41, 5.74) is 0.816. The van der Waals surface area contributed by atoms with E-state index in [4.69, 9.17) is 25.8 Å². The van der Waals surface area contributed by atoms with Crippen LogP contribution in [0.5, 0.6) is 17.2 Å². The Bertz CT molecular complexity index is 1220. The highest BCUT2D eigenvalue weighted by atomic mass is 35.5. The zero-order chi connectivity index (χ0) is 24.9. The van der Waals surface area contributed by atoms with Crippen LogP contribution in [0, 0.1) is 0 Å². The van der Waals surface area contributed by atoms with Crippen molar-refractivity contribution in [3.63, 3.8) is 0 Å². The molecule has 4 rings (SSSR count). The Labute approximate surface area is 208 Å². The summed E-state index contributed by atoms with van der Waals surface area (Å²) >= 11 is 6.43. The average Bonchev–Trinajstić information content (AvgIpc) is 3.18. The lowest BCUT2D eigenvalue weighted by Gasteiger charge is -2.31. The van der Waals surface area contributed by atoms with Crippen LogP contribution in [-0.4, -0.2) is 59.4 Å². The van der Waals surface area contributed by atoms with E-state index < -0.39 is 0 Å². The monoisotopic (exact) mass is 498 g/mol. The van der Waals surface area contributed by atoms with Gasteiger partial charge >= 0.3 is 0 Å². The van der Waals surface area contributed by atoms with E-state index in [1.807, 2.05) is 6.92 Å². The number of rotatable bonds is 9. The maximum Gasteiger partial charge on any atom is 0.257 e. The molecular weight excluding hydrogens is 472 g/mol. The van der Waals surface area contributed by atoms with E-state index in [-0.39, 0.29) is 22.9 Å². The van der Waals surface area contributed by atoms with Crippen molar-refractivity contribution in [3.05, 3.63) is 64.8 Å². The van der Waals surface area contributed by atoms with Gasteiger partial charge in [0.25, 0.3) is 11.8 Å². The van der Waals surface area contributed by atoms with Crippen molar-refractivity contribution < 1.29 is 23.8 Å². The quantitative estimate of drug-likeness (QED) is 0.470. The molecule has 0 radical (unpaired) electrons. The van der Waals surface area contributed by atoms with Gasteiger partial charge in [-0.2, -0.15) is 5.10 Å². The smallest absolute Gasteiger partial charge is 0.257 e. The predicted octanol–water partition coefficient (Wildman–Crippen LogP) is 4.38. The molecule has 0 bridgehead atoms. The number of hydrogen-bond acceptors (Lipinski definition) is 6. The number of nitrogens with one attached hydrogen (secondary N) is 1. The molecule has 1 aromatic heterocycles. The van der Waals surface area contributed by atoms with E-state index in [1.165, 1.54) is 0 Å². The van der Waals surface area contributed by atoms with Gasteiger partial charge in [-0.05, 0) is 43.7 Å². The minimum Gasteiger partial charge on any atom is -0.488 e. The molecule has 0 spiro atoms. The van der Waals surface area contributed by atoms with Gasteiger partial charge in [0.15, 0.2) is 5.82 Å². The average molecular weight is 499 g/mol. The third-order valence-corrected chi connectivity index (χ3v) is 5.68. The molecule has 10 heteroatoms. The van der Waals surface area contributed by atoms with Gasteiger partial charge in [-0.1, -0.05) is 11.6 Å². The van der Waals surface area contributed by atoms with Crippen LogP contribution in [-0.2, 0) is 11.8 Å². The Kier molecular flexibility index (Phi) is 7.57. The summed E-state index contributed by atoms with van der Waals surface area (Å²) in [7, 11) is 3.35. The van der Waals surface area contributed by atoms with E-state index in [0.29, 0.717) is 40.8 Å². The molecule has 1 fully saturated rings. The number of ether oxygens (including phenoxy) is 3. The third-order valence-electron chi connectivity index (χ3n) is 5.39. The van der Waals surface area contributed by atoms with Crippen LogP contribution in [0.15, 0.2) is 48.7 Å². The zero-order valence-electron chi connectivity index (χ0n) is 19.8. The summed E-state index contributed by atoms with van der Waals surface area (Å²) in [6.45, 7) is 3.74. The maximum absolute atomic E-state index is 12.9. The van der Waals surface area contributed by atoms with Gasteiger partial charge in [0.1, 0.15) is 23.4 Å². The lowest BCUT2D eigenvalue weighted by Crippen LogP contribution is -2.41. The number of amides is 2. The first kappa shape index (κ1) is 24.6. The van der Waals surface area contributed by atoms with Crippen LogP contribution in [0.4, 0.5) is 5.82 Å². The standard InChI is InChI=1S/C25H27ClN4O5/c1-16(15-33-3)34-19-11-18(24(31)27-23-7-10-29(2)28-23)12-20(14-19)35-22-6-5-17(13-21(22)26)25(32)30-8-4-9-30/h5-7,10-14,16H,4,8-9,15H2,1-3H3,(H,27,28,31). The molecule has 2 aromatic carbocycles.